The lowest BCUT2D eigenvalue weighted by Crippen LogP contribution is -2.19. The largest absolute Gasteiger partial charge is 0.494 e. The third kappa shape index (κ3) is 6.16. The summed E-state index contributed by atoms with van der Waals surface area (Å²) in [6, 6.07) is 7.22. The van der Waals surface area contributed by atoms with Gasteiger partial charge in [-0.3, -0.25) is 0 Å². The molecule has 2 atom stereocenters. The van der Waals surface area contributed by atoms with Crippen molar-refractivity contribution in [1.29, 1.82) is 0 Å². The van der Waals surface area contributed by atoms with Gasteiger partial charge in [-0.1, -0.05) is 44.7 Å². The zero-order chi connectivity index (χ0) is 14.8. The fraction of sp³-hybridized carbons (Fsp3) is 0.625. The van der Waals surface area contributed by atoms with Crippen LogP contribution >= 0.6 is 12.6 Å². The second-order valence-electron chi connectivity index (χ2n) is 5.03. The van der Waals surface area contributed by atoms with Gasteiger partial charge in [-0.05, 0) is 24.1 Å². The van der Waals surface area contributed by atoms with Crippen LogP contribution in [0, 0.1) is 0 Å². The van der Waals surface area contributed by atoms with Crippen molar-refractivity contribution in [2.45, 2.75) is 51.2 Å². The van der Waals surface area contributed by atoms with Crippen molar-refractivity contribution in [1.82, 2.24) is 0 Å². The molecule has 0 saturated heterocycles. The molecule has 0 amide bonds. The summed E-state index contributed by atoms with van der Waals surface area (Å²) < 4.78 is 5.65. The molecule has 114 valence electrons. The Morgan fingerprint density at radius 3 is 2.30 bits per heavy atom. The molecule has 0 aromatic heterocycles. The summed E-state index contributed by atoms with van der Waals surface area (Å²) in [5, 5.41) is 19.4. The van der Waals surface area contributed by atoms with Gasteiger partial charge in [-0.15, -0.1) is 0 Å². The van der Waals surface area contributed by atoms with Gasteiger partial charge in [0.2, 0.25) is 0 Å². The van der Waals surface area contributed by atoms with Gasteiger partial charge in [0.15, 0.2) is 0 Å². The minimum atomic E-state index is -0.893. The predicted molar refractivity (Wildman–Crippen MR) is 85.5 cm³/mol. The molecule has 2 N–H and O–H groups in total. The summed E-state index contributed by atoms with van der Waals surface area (Å²) in [4.78, 5) is 0. The lowest BCUT2D eigenvalue weighted by Gasteiger charge is -2.16. The highest BCUT2D eigenvalue weighted by Crippen LogP contribution is 2.21. The van der Waals surface area contributed by atoms with Crippen LogP contribution in [-0.4, -0.2) is 28.7 Å². The molecule has 1 rings (SSSR count). The summed E-state index contributed by atoms with van der Waals surface area (Å²) in [5.41, 5.74) is 0.682. The average Bonchev–Trinajstić information content (AvgIpc) is 2.50. The third-order valence-corrected chi connectivity index (χ3v) is 3.66. The summed E-state index contributed by atoms with van der Waals surface area (Å²) in [5.74, 6) is 1.04. The van der Waals surface area contributed by atoms with Crippen molar-refractivity contribution in [2.75, 3.05) is 12.4 Å². The summed E-state index contributed by atoms with van der Waals surface area (Å²) >= 11 is 3.97. The van der Waals surface area contributed by atoms with E-state index < -0.39 is 12.2 Å². The van der Waals surface area contributed by atoms with Gasteiger partial charge in [0.1, 0.15) is 11.9 Å². The van der Waals surface area contributed by atoms with E-state index in [-0.39, 0.29) is 5.75 Å². The predicted octanol–water partition coefficient (Wildman–Crippen LogP) is 3.36. The number of benzene rings is 1. The zero-order valence-corrected chi connectivity index (χ0v) is 13.1. The van der Waals surface area contributed by atoms with Crippen molar-refractivity contribution < 1.29 is 14.9 Å². The van der Waals surface area contributed by atoms with E-state index in [4.69, 9.17) is 4.74 Å². The number of rotatable bonds is 10. The highest BCUT2D eigenvalue weighted by Gasteiger charge is 2.16. The highest BCUT2D eigenvalue weighted by atomic mass is 32.1. The Morgan fingerprint density at radius 1 is 1.05 bits per heavy atom. The van der Waals surface area contributed by atoms with Crippen LogP contribution in [0.25, 0.3) is 0 Å². The van der Waals surface area contributed by atoms with Crippen molar-refractivity contribution in [2.24, 2.45) is 0 Å². The Morgan fingerprint density at radius 2 is 1.70 bits per heavy atom. The van der Waals surface area contributed by atoms with Crippen LogP contribution < -0.4 is 4.74 Å². The Balaban J connectivity index is 2.31. The van der Waals surface area contributed by atoms with E-state index in [2.05, 4.69) is 19.6 Å². The van der Waals surface area contributed by atoms with E-state index in [0.29, 0.717) is 5.56 Å². The molecule has 0 bridgehead atoms. The Hall–Kier alpha value is -0.710. The second-order valence-corrected chi connectivity index (χ2v) is 5.39. The molecule has 3 nitrogen and oxygen atoms in total. The van der Waals surface area contributed by atoms with Gasteiger partial charge in [-0.25, -0.2) is 0 Å². The first-order valence-corrected chi connectivity index (χ1v) is 8.02. The van der Waals surface area contributed by atoms with Crippen LogP contribution in [0.1, 0.15) is 50.7 Å². The topological polar surface area (TPSA) is 49.7 Å². The number of thiol groups is 1. The lowest BCUT2D eigenvalue weighted by atomic mass is 10.1. The minimum absolute atomic E-state index is 0.233. The fourth-order valence-electron chi connectivity index (χ4n) is 1.98. The molecule has 0 aliphatic heterocycles. The zero-order valence-electron chi connectivity index (χ0n) is 12.2. The normalized spacial score (nSPS) is 14.0. The first-order chi connectivity index (χ1) is 9.69. The number of ether oxygens (including phenoxy) is 1. The smallest absolute Gasteiger partial charge is 0.119 e. The molecular formula is C16H26O3S. The standard InChI is InChI=1S/C16H26O3S/c1-2-3-4-5-6-11-19-14-9-7-13(8-10-14)16(18)15(17)12-20/h7-10,15-18,20H,2-6,11-12H2,1H3. The molecule has 0 aliphatic carbocycles. The first kappa shape index (κ1) is 17.3. The van der Waals surface area contributed by atoms with E-state index in [0.717, 1.165) is 18.8 Å². The maximum absolute atomic E-state index is 9.84. The van der Waals surface area contributed by atoms with E-state index in [1.807, 2.05) is 12.1 Å². The summed E-state index contributed by atoms with van der Waals surface area (Å²) in [6.07, 6.45) is 4.36. The Bertz CT molecular complexity index is 353. The molecule has 1 aromatic carbocycles. The lowest BCUT2D eigenvalue weighted by molar-refractivity contribution is 0.0337. The van der Waals surface area contributed by atoms with Gasteiger partial charge in [0.05, 0.1) is 12.7 Å². The fourth-order valence-corrected chi connectivity index (χ4v) is 2.18. The van der Waals surface area contributed by atoms with Crippen molar-refractivity contribution in [3.05, 3.63) is 29.8 Å². The van der Waals surface area contributed by atoms with Gasteiger partial charge in [-0.2, -0.15) is 12.6 Å². The maximum Gasteiger partial charge on any atom is 0.119 e. The van der Waals surface area contributed by atoms with Crippen LogP contribution in [0.5, 0.6) is 5.75 Å². The van der Waals surface area contributed by atoms with E-state index in [9.17, 15) is 10.2 Å². The summed E-state index contributed by atoms with van der Waals surface area (Å²) in [6.45, 7) is 2.93. The monoisotopic (exact) mass is 298 g/mol. The number of hydrogen-bond acceptors (Lipinski definition) is 4. The van der Waals surface area contributed by atoms with Crippen LogP contribution in [0.4, 0.5) is 0 Å². The molecule has 20 heavy (non-hydrogen) atoms. The molecule has 0 spiro atoms. The highest BCUT2D eigenvalue weighted by molar-refractivity contribution is 7.80. The number of hydrogen-bond donors (Lipinski definition) is 3. The number of unbranched alkanes of at least 4 members (excludes halogenated alkanes) is 4. The van der Waals surface area contributed by atoms with Crippen LogP contribution in [0.2, 0.25) is 0 Å². The van der Waals surface area contributed by atoms with Crippen molar-refractivity contribution in [3.8, 4) is 5.75 Å². The number of aliphatic hydroxyl groups is 2. The second kappa shape index (κ2) is 10.1. The average molecular weight is 298 g/mol. The Kier molecular flexibility index (Phi) is 8.74. The van der Waals surface area contributed by atoms with Gasteiger partial charge in [0.25, 0.3) is 0 Å². The molecular weight excluding hydrogens is 272 g/mol. The first-order valence-electron chi connectivity index (χ1n) is 7.38. The summed E-state index contributed by atoms with van der Waals surface area (Å²) in [7, 11) is 0. The Labute approximate surface area is 127 Å². The van der Waals surface area contributed by atoms with Gasteiger partial charge >= 0.3 is 0 Å². The van der Waals surface area contributed by atoms with E-state index in [1.165, 1.54) is 25.7 Å². The van der Waals surface area contributed by atoms with Crippen LogP contribution in [0.3, 0.4) is 0 Å². The van der Waals surface area contributed by atoms with E-state index >= 15 is 0 Å². The van der Waals surface area contributed by atoms with E-state index in [1.54, 1.807) is 12.1 Å². The molecule has 1 aromatic rings. The molecule has 0 heterocycles. The van der Waals surface area contributed by atoms with Crippen molar-refractivity contribution >= 4 is 12.6 Å². The quantitative estimate of drug-likeness (QED) is 0.458. The number of aliphatic hydroxyl groups excluding tert-OH is 2. The SMILES string of the molecule is CCCCCCCOc1ccc(C(O)C(O)CS)cc1. The molecule has 0 fully saturated rings. The molecule has 4 heteroatoms. The molecule has 0 aliphatic rings. The maximum atomic E-state index is 9.84. The minimum Gasteiger partial charge on any atom is -0.494 e. The molecule has 2 unspecified atom stereocenters. The van der Waals surface area contributed by atoms with Crippen LogP contribution in [-0.2, 0) is 0 Å². The third-order valence-electron chi connectivity index (χ3n) is 3.29. The molecule has 0 saturated carbocycles. The van der Waals surface area contributed by atoms with Gasteiger partial charge < -0.3 is 14.9 Å². The van der Waals surface area contributed by atoms with Gasteiger partial charge in [0, 0.05) is 5.75 Å². The van der Waals surface area contributed by atoms with Crippen molar-refractivity contribution in [3.63, 3.8) is 0 Å². The van der Waals surface area contributed by atoms with Crippen LogP contribution in [0.15, 0.2) is 24.3 Å². The molecule has 0 radical (unpaired) electrons.